The summed E-state index contributed by atoms with van der Waals surface area (Å²) in [6, 6.07) is 24.1. The highest BCUT2D eigenvalue weighted by Gasteiger charge is 2.24. The first-order chi connectivity index (χ1) is 14.3. The second kappa shape index (κ2) is 6.77. The minimum absolute atomic E-state index is 0.506. The normalized spacial score (nSPS) is 10.9. The zero-order valence-corrected chi connectivity index (χ0v) is 15.7. The van der Waals surface area contributed by atoms with Crippen molar-refractivity contribution in [1.82, 2.24) is 15.2 Å². The van der Waals surface area contributed by atoms with Crippen LogP contribution in [0.2, 0.25) is 0 Å². The summed E-state index contributed by atoms with van der Waals surface area (Å²) < 4.78 is 5.47. The maximum atomic E-state index is 10.2. The third-order valence-corrected chi connectivity index (χ3v) is 5.05. The molecule has 0 spiro atoms. The topological polar surface area (TPSA) is 78.5 Å². The fraction of sp³-hybridized carbons (Fsp3) is 0.0417. The summed E-state index contributed by atoms with van der Waals surface area (Å²) in [5, 5.41) is 18.6. The molecule has 29 heavy (non-hydrogen) atoms. The van der Waals surface area contributed by atoms with Crippen molar-refractivity contribution in [3.8, 4) is 39.7 Å². The van der Waals surface area contributed by atoms with E-state index in [1.54, 1.807) is 6.26 Å². The lowest BCUT2D eigenvalue weighted by Crippen LogP contribution is -1.96. The van der Waals surface area contributed by atoms with E-state index in [0.717, 1.165) is 33.3 Å². The van der Waals surface area contributed by atoms with Crippen LogP contribution in [-0.2, 0) is 0 Å². The molecule has 5 aromatic rings. The van der Waals surface area contributed by atoms with Crippen molar-refractivity contribution in [3.05, 3.63) is 84.3 Å². The minimum atomic E-state index is 0.506. The zero-order valence-electron chi connectivity index (χ0n) is 15.7. The van der Waals surface area contributed by atoms with Crippen LogP contribution in [0.1, 0.15) is 11.3 Å². The molecule has 1 N–H and O–H groups in total. The molecule has 5 heteroatoms. The molecule has 5 nitrogen and oxygen atoms in total. The Hall–Kier alpha value is -4.17. The number of fused-ring (bicyclic) bond motifs is 1. The van der Waals surface area contributed by atoms with Gasteiger partial charge in [-0.25, -0.2) is 4.98 Å². The monoisotopic (exact) mass is 376 g/mol. The Bertz CT molecular complexity index is 1360. The fourth-order valence-corrected chi connectivity index (χ4v) is 3.70. The lowest BCUT2D eigenvalue weighted by atomic mass is 9.92. The molecule has 3 aromatic heterocycles. The number of nitriles is 1. The van der Waals surface area contributed by atoms with E-state index in [1.165, 1.54) is 0 Å². The Morgan fingerprint density at radius 3 is 2.24 bits per heavy atom. The van der Waals surface area contributed by atoms with E-state index < -0.39 is 0 Å². The largest absolute Gasteiger partial charge is 0.469 e. The van der Waals surface area contributed by atoms with Crippen molar-refractivity contribution in [2.24, 2.45) is 0 Å². The summed E-state index contributed by atoms with van der Waals surface area (Å²) in [6.07, 6.45) is 1.61. The number of aromatic amines is 1. The van der Waals surface area contributed by atoms with Gasteiger partial charge >= 0.3 is 0 Å². The van der Waals surface area contributed by atoms with Crippen LogP contribution in [0.15, 0.2) is 77.4 Å². The maximum Gasteiger partial charge on any atom is 0.182 e. The van der Waals surface area contributed by atoms with Crippen LogP contribution in [0.3, 0.4) is 0 Å². The van der Waals surface area contributed by atoms with E-state index >= 15 is 0 Å². The van der Waals surface area contributed by atoms with Gasteiger partial charge in [0.25, 0.3) is 0 Å². The van der Waals surface area contributed by atoms with Crippen molar-refractivity contribution < 1.29 is 4.42 Å². The lowest BCUT2D eigenvalue weighted by molar-refractivity contribution is 0.535. The SMILES string of the molecule is Cc1occc1-c1nc2n[nH]c(-c3ccccc3)c2c(-c2ccccc2)c1C#N. The van der Waals surface area contributed by atoms with E-state index in [4.69, 9.17) is 9.40 Å². The first kappa shape index (κ1) is 17.0. The maximum absolute atomic E-state index is 10.2. The molecular formula is C24H16N4O. The number of benzene rings is 2. The number of hydrogen-bond donors (Lipinski definition) is 1. The van der Waals surface area contributed by atoms with Crippen molar-refractivity contribution in [2.45, 2.75) is 6.92 Å². The van der Waals surface area contributed by atoms with E-state index in [2.05, 4.69) is 16.3 Å². The number of nitrogens with one attached hydrogen (secondary N) is 1. The Kier molecular flexibility index (Phi) is 3.96. The van der Waals surface area contributed by atoms with Crippen molar-refractivity contribution in [3.63, 3.8) is 0 Å². The molecule has 0 aliphatic carbocycles. The summed E-state index contributed by atoms with van der Waals surface area (Å²) in [4.78, 5) is 4.76. The Morgan fingerprint density at radius 1 is 0.931 bits per heavy atom. The number of furan rings is 1. The first-order valence-corrected chi connectivity index (χ1v) is 9.25. The number of H-pyrrole nitrogens is 1. The molecule has 0 bridgehead atoms. The molecule has 0 fully saturated rings. The quantitative estimate of drug-likeness (QED) is 0.436. The highest BCUT2D eigenvalue weighted by atomic mass is 16.3. The van der Waals surface area contributed by atoms with Gasteiger partial charge in [-0.3, -0.25) is 5.10 Å². The third-order valence-electron chi connectivity index (χ3n) is 5.05. The molecule has 0 radical (unpaired) electrons. The van der Waals surface area contributed by atoms with Crippen LogP contribution in [-0.4, -0.2) is 15.2 Å². The highest BCUT2D eigenvalue weighted by molar-refractivity contribution is 6.06. The molecule has 5 rings (SSSR count). The lowest BCUT2D eigenvalue weighted by Gasteiger charge is -2.12. The minimum Gasteiger partial charge on any atom is -0.469 e. The molecule has 0 saturated carbocycles. The predicted octanol–water partition coefficient (Wildman–Crippen LogP) is 5.73. The molecule has 138 valence electrons. The van der Waals surface area contributed by atoms with E-state index in [9.17, 15) is 5.26 Å². The predicted molar refractivity (Wildman–Crippen MR) is 112 cm³/mol. The van der Waals surface area contributed by atoms with Crippen molar-refractivity contribution in [2.75, 3.05) is 0 Å². The fourth-order valence-electron chi connectivity index (χ4n) is 3.70. The van der Waals surface area contributed by atoms with Gasteiger partial charge in [-0.2, -0.15) is 10.4 Å². The van der Waals surface area contributed by atoms with Gasteiger partial charge in [-0.1, -0.05) is 60.7 Å². The molecular weight excluding hydrogens is 360 g/mol. The number of rotatable bonds is 3. The van der Waals surface area contributed by atoms with E-state index in [0.29, 0.717) is 22.7 Å². The van der Waals surface area contributed by atoms with Crippen LogP contribution >= 0.6 is 0 Å². The molecule has 0 aliphatic rings. The van der Waals surface area contributed by atoms with Crippen LogP contribution in [0.4, 0.5) is 0 Å². The van der Waals surface area contributed by atoms with Crippen LogP contribution in [0.25, 0.3) is 44.7 Å². The van der Waals surface area contributed by atoms with Gasteiger partial charge in [0.05, 0.1) is 28.6 Å². The van der Waals surface area contributed by atoms with Gasteiger partial charge in [0.15, 0.2) is 5.65 Å². The number of pyridine rings is 1. The molecule has 0 aliphatic heterocycles. The Labute approximate surface area is 167 Å². The summed E-state index contributed by atoms with van der Waals surface area (Å²) in [7, 11) is 0. The molecule has 0 atom stereocenters. The van der Waals surface area contributed by atoms with E-state index in [-0.39, 0.29) is 0 Å². The van der Waals surface area contributed by atoms with Gasteiger partial charge in [0.2, 0.25) is 0 Å². The number of aryl methyl sites for hydroxylation is 1. The second-order valence-electron chi connectivity index (χ2n) is 6.74. The van der Waals surface area contributed by atoms with E-state index in [1.807, 2.05) is 73.7 Å². The zero-order chi connectivity index (χ0) is 19.8. The summed E-state index contributed by atoms with van der Waals surface area (Å²) in [5.41, 5.74) is 6.05. The third kappa shape index (κ3) is 2.70. The Morgan fingerprint density at radius 2 is 1.62 bits per heavy atom. The summed E-state index contributed by atoms with van der Waals surface area (Å²) in [5.74, 6) is 0.714. The standard InChI is InChI=1S/C24H16N4O/c1-15-18(12-13-29-15)23-19(14-25)20(16-8-4-2-5-9-16)21-22(27-28-24(21)26-23)17-10-6-3-7-11-17/h2-13H,1H3,(H,26,27,28). The number of hydrogen-bond acceptors (Lipinski definition) is 4. The van der Waals surface area contributed by atoms with Gasteiger partial charge in [0.1, 0.15) is 11.8 Å². The van der Waals surface area contributed by atoms with Gasteiger partial charge in [0, 0.05) is 16.7 Å². The van der Waals surface area contributed by atoms with Gasteiger partial charge in [-0.15, -0.1) is 0 Å². The molecule has 0 unspecified atom stereocenters. The molecule has 3 heterocycles. The van der Waals surface area contributed by atoms with Crippen LogP contribution in [0, 0.1) is 18.3 Å². The summed E-state index contributed by atoms with van der Waals surface area (Å²) in [6.45, 7) is 1.87. The van der Waals surface area contributed by atoms with Crippen LogP contribution < -0.4 is 0 Å². The van der Waals surface area contributed by atoms with Crippen molar-refractivity contribution in [1.29, 1.82) is 5.26 Å². The second-order valence-corrected chi connectivity index (χ2v) is 6.74. The summed E-state index contributed by atoms with van der Waals surface area (Å²) >= 11 is 0. The average Bonchev–Trinajstić information content (AvgIpc) is 3.39. The molecule has 2 aromatic carbocycles. The van der Waals surface area contributed by atoms with Crippen molar-refractivity contribution >= 4 is 11.0 Å². The molecule has 0 amide bonds. The smallest absolute Gasteiger partial charge is 0.182 e. The number of aromatic nitrogens is 3. The Balaban J connectivity index is 1.94. The van der Waals surface area contributed by atoms with Gasteiger partial charge in [-0.05, 0) is 18.6 Å². The average molecular weight is 376 g/mol. The number of nitrogens with zero attached hydrogens (tertiary/aromatic N) is 3. The van der Waals surface area contributed by atoms with Crippen LogP contribution in [0.5, 0.6) is 0 Å². The van der Waals surface area contributed by atoms with Gasteiger partial charge < -0.3 is 4.42 Å². The first-order valence-electron chi connectivity index (χ1n) is 9.25. The highest BCUT2D eigenvalue weighted by Crippen LogP contribution is 2.40. The molecule has 0 saturated heterocycles.